The third kappa shape index (κ3) is 4.24. The number of amides is 1. The van der Waals surface area contributed by atoms with Crippen molar-refractivity contribution < 1.29 is 21.6 Å². The van der Waals surface area contributed by atoms with Crippen molar-refractivity contribution in [3.63, 3.8) is 0 Å². The predicted molar refractivity (Wildman–Crippen MR) is 76.3 cm³/mol. The van der Waals surface area contributed by atoms with Gasteiger partial charge in [-0.15, -0.1) is 0 Å². The van der Waals surface area contributed by atoms with Crippen LogP contribution in [-0.2, 0) is 24.8 Å². The first-order valence-electron chi connectivity index (χ1n) is 5.75. The van der Waals surface area contributed by atoms with Crippen LogP contribution in [-0.4, -0.2) is 59.6 Å². The van der Waals surface area contributed by atoms with Crippen molar-refractivity contribution in [1.82, 2.24) is 9.21 Å². The number of carbonyl (C=O) groups is 1. The van der Waals surface area contributed by atoms with Crippen LogP contribution in [0.2, 0.25) is 0 Å². The fraction of sp³-hybridized carbons (Fsp3) is 0.364. The largest absolute Gasteiger partial charge is 0.348 e. The van der Waals surface area contributed by atoms with E-state index in [2.05, 4.69) is 0 Å². The van der Waals surface area contributed by atoms with Crippen molar-refractivity contribution in [2.75, 3.05) is 27.7 Å². The average molecular weight is 335 g/mol. The second-order valence-electron chi connectivity index (χ2n) is 4.57. The molecule has 0 radical (unpaired) electrons. The molecule has 0 saturated heterocycles. The number of hydrogen-bond acceptors (Lipinski definition) is 5. The fourth-order valence-corrected chi connectivity index (χ4v) is 3.03. The molecule has 0 spiro atoms. The summed E-state index contributed by atoms with van der Waals surface area (Å²) >= 11 is 0. The average Bonchev–Trinajstić information content (AvgIpc) is 2.37. The Labute approximate surface area is 124 Å². The highest BCUT2D eigenvalue weighted by atomic mass is 32.2. The Kier molecular flexibility index (Phi) is 5.10. The van der Waals surface area contributed by atoms with E-state index in [1.54, 1.807) is 0 Å². The zero-order chi connectivity index (χ0) is 16.4. The number of likely N-dealkylation sites (N-methyl/N-ethyl adjacent to an activating group) is 2. The lowest BCUT2D eigenvalue weighted by atomic mass is 10.4. The van der Waals surface area contributed by atoms with E-state index in [4.69, 9.17) is 5.14 Å². The minimum Gasteiger partial charge on any atom is -0.348 e. The molecule has 0 heterocycles. The third-order valence-electron chi connectivity index (χ3n) is 2.72. The van der Waals surface area contributed by atoms with E-state index in [0.717, 1.165) is 28.6 Å². The quantitative estimate of drug-likeness (QED) is 0.744. The van der Waals surface area contributed by atoms with E-state index < -0.39 is 20.0 Å². The van der Waals surface area contributed by atoms with Gasteiger partial charge in [0.25, 0.3) is 0 Å². The van der Waals surface area contributed by atoms with Gasteiger partial charge in [-0.1, -0.05) is 0 Å². The van der Waals surface area contributed by atoms with Crippen molar-refractivity contribution in [2.45, 2.75) is 9.79 Å². The van der Waals surface area contributed by atoms with Crippen LogP contribution in [0.4, 0.5) is 0 Å². The third-order valence-corrected chi connectivity index (χ3v) is 5.46. The second kappa shape index (κ2) is 6.10. The summed E-state index contributed by atoms with van der Waals surface area (Å²) in [5.41, 5.74) is 0. The molecule has 0 aliphatic heterocycles. The zero-order valence-electron chi connectivity index (χ0n) is 11.8. The molecule has 0 saturated carbocycles. The summed E-state index contributed by atoms with van der Waals surface area (Å²) in [6.45, 7) is -0.313. The maximum absolute atomic E-state index is 12.2. The summed E-state index contributed by atoms with van der Waals surface area (Å²) in [5, 5.41) is 4.94. The van der Waals surface area contributed by atoms with E-state index in [1.807, 2.05) is 0 Å². The topological polar surface area (TPSA) is 118 Å². The molecule has 1 aromatic carbocycles. The van der Waals surface area contributed by atoms with Crippen LogP contribution in [0.25, 0.3) is 0 Å². The van der Waals surface area contributed by atoms with Gasteiger partial charge < -0.3 is 4.90 Å². The molecule has 0 unspecified atom stereocenters. The molecule has 8 nitrogen and oxygen atoms in total. The first-order chi connectivity index (χ1) is 9.46. The molecule has 10 heteroatoms. The lowest BCUT2D eigenvalue weighted by molar-refractivity contribution is -0.128. The predicted octanol–water partition coefficient (Wildman–Crippen LogP) is -0.957. The molecule has 0 bridgehead atoms. The molecular weight excluding hydrogens is 318 g/mol. The Hall–Kier alpha value is -1.49. The number of nitrogens with two attached hydrogens (primary N) is 1. The van der Waals surface area contributed by atoms with Gasteiger partial charge in [0.05, 0.1) is 16.3 Å². The van der Waals surface area contributed by atoms with Gasteiger partial charge in [-0.05, 0) is 24.3 Å². The molecular formula is C11H17N3O5S2. The summed E-state index contributed by atoms with van der Waals surface area (Å²) in [7, 11) is -3.46. The van der Waals surface area contributed by atoms with Gasteiger partial charge in [-0.25, -0.2) is 22.0 Å². The van der Waals surface area contributed by atoms with Crippen LogP contribution < -0.4 is 5.14 Å². The molecule has 1 aromatic rings. The van der Waals surface area contributed by atoms with Crippen LogP contribution >= 0.6 is 0 Å². The molecule has 2 N–H and O–H groups in total. The minimum atomic E-state index is -3.88. The smallest absolute Gasteiger partial charge is 0.243 e. The number of sulfonamides is 2. The Morgan fingerprint density at radius 2 is 1.43 bits per heavy atom. The first-order valence-corrected chi connectivity index (χ1v) is 8.74. The van der Waals surface area contributed by atoms with Crippen molar-refractivity contribution >= 4 is 26.0 Å². The Bertz CT molecular complexity index is 724. The zero-order valence-corrected chi connectivity index (χ0v) is 13.5. The summed E-state index contributed by atoms with van der Waals surface area (Å²) in [6.07, 6.45) is 0. The van der Waals surface area contributed by atoms with Gasteiger partial charge in [0.1, 0.15) is 0 Å². The normalized spacial score (nSPS) is 12.4. The van der Waals surface area contributed by atoms with E-state index in [9.17, 15) is 21.6 Å². The number of primary sulfonamides is 1. The SMILES string of the molecule is CN(C)C(=O)CN(C)S(=O)(=O)c1ccc(S(N)(=O)=O)cc1. The van der Waals surface area contributed by atoms with E-state index in [0.29, 0.717) is 0 Å². The summed E-state index contributed by atoms with van der Waals surface area (Å²) in [6, 6.07) is 4.46. The Balaban J connectivity index is 3.06. The molecule has 0 aromatic heterocycles. The Morgan fingerprint density at radius 1 is 1.00 bits per heavy atom. The lowest BCUT2D eigenvalue weighted by Crippen LogP contribution is -2.37. The molecule has 0 aliphatic carbocycles. The minimum absolute atomic E-state index is 0.121. The molecule has 118 valence electrons. The van der Waals surface area contributed by atoms with Crippen molar-refractivity contribution in [1.29, 1.82) is 0 Å². The number of nitrogens with zero attached hydrogens (tertiary/aromatic N) is 2. The maximum Gasteiger partial charge on any atom is 0.243 e. The number of rotatable bonds is 5. The molecule has 0 aliphatic rings. The van der Waals surface area contributed by atoms with Crippen molar-refractivity contribution in [2.24, 2.45) is 5.14 Å². The highest BCUT2D eigenvalue weighted by Gasteiger charge is 2.24. The van der Waals surface area contributed by atoms with Crippen LogP contribution in [0, 0.1) is 0 Å². The number of hydrogen-bond donors (Lipinski definition) is 1. The Morgan fingerprint density at radius 3 is 1.81 bits per heavy atom. The van der Waals surface area contributed by atoms with Crippen LogP contribution in [0.15, 0.2) is 34.1 Å². The molecule has 1 amide bonds. The summed E-state index contributed by atoms with van der Waals surface area (Å²) in [4.78, 5) is 12.5. The second-order valence-corrected chi connectivity index (χ2v) is 8.17. The standard InChI is InChI=1S/C11H17N3O5S2/c1-13(2)11(15)8-14(3)21(18,19)10-6-4-9(5-7-10)20(12,16)17/h4-7H,8H2,1-3H3,(H2,12,16,17). The summed E-state index contributed by atoms with van der Waals surface area (Å²) < 4.78 is 47.6. The van der Waals surface area contributed by atoms with Gasteiger partial charge in [0.15, 0.2) is 0 Å². The number of carbonyl (C=O) groups excluding carboxylic acids is 1. The number of benzene rings is 1. The van der Waals surface area contributed by atoms with Crippen LogP contribution in [0.1, 0.15) is 0 Å². The highest BCUT2D eigenvalue weighted by molar-refractivity contribution is 7.89. The molecule has 1 rings (SSSR count). The van der Waals surface area contributed by atoms with Gasteiger partial charge in [-0.3, -0.25) is 4.79 Å². The molecule has 21 heavy (non-hydrogen) atoms. The van der Waals surface area contributed by atoms with Gasteiger partial charge >= 0.3 is 0 Å². The summed E-state index contributed by atoms with van der Waals surface area (Å²) in [5.74, 6) is -0.373. The fourth-order valence-electron chi connectivity index (χ4n) is 1.40. The first kappa shape index (κ1) is 17.6. The van der Waals surface area contributed by atoms with E-state index in [1.165, 1.54) is 26.0 Å². The van der Waals surface area contributed by atoms with Crippen LogP contribution in [0.3, 0.4) is 0 Å². The van der Waals surface area contributed by atoms with Gasteiger partial charge in [0, 0.05) is 21.1 Å². The monoisotopic (exact) mass is 335 g/mol. The van der Waals surface area contributed by atoms with Crippen molar-refractivity contribution in [3.8, 4) is 0 Å². The molecule has 0 atom stereocenters. The maximum atomic E-state index is 12.2. The molecule has 0 fully saturated rings. The van der Waals surface area contributed by atoms with Crippen molar-refractivity contribution in [3.05, 3.63) is 24.3 Å². The highest BCUT2D eigenvalue weighted by Crippen LogP contribution is 2.16. The lowest BCUT2D eigenvalue weighted by Gasteiger charge is -2.19. The van der Waals surface area contributed by atoms with E-state index >= 15 is 0 Å². The van der Waals surface area contributed by atoms with Gasteiger partial charge in [-0.2, -0.15) is 4.31 Å². The van der Waals surface area contributed by atoms with E-state index in [-0.39, 0.29) is 22.2 Å². The van der Waals surface area contributed by atoms with Gasteiger partial charge in [0.2, 0.25) is 26.0 Å². The van der Waals surface area contributed by atoms with Crippen LogP contribution in [0.5, 0.6) is 0 Å².